The lowest BCUT2D eigenvalue weighted by molar-refractivity contribution is -0.122. The van der Waals surface area contributed by atoms with Gasteiger partial charge in [0.2, 0.25) is 5.91 Å². The largest absolute Gasteiger partial charge is 0.461 e. The van der Waals surface area contributed by atoms with Crippen molar-refractivity contribution in [2.75, 3.05) is 24.6 Å². The molecule has 8 heteroatoms. The standard InChI is InChI=1S/C20H24N4O4/c1-3-28-20(27)18-16(23-10-8-14(9-11-23)19(21)26)12-17(25)24(22-18)15-6-4-13(2)5-7-15/h4-7,12,14H,3,8-11H2,1-2H3,(H2,21,26). The molecule has 1 aliphatic heterocycles. The monoisotopic (exact) mass is 384 g/mol. The molecule has 1 aromatic heterocycles. The van der Waals surface area contributed by atoms with Gasteiger partial charge >= 0.3 is 5.97 Å². The minimum atomic E-state index is -0.588. The molecule has 0 saturated carbocycles. The summed E-state index contributed by atoms with van der Waals surface area (Å²) < 4.78 is 6.35. The molecule has 0 radical (unpaired) electrons. The maximum Gasteiger partial charge on any atom is 0.360 e. The summed E-state index contributed by atoms with van der Waals surface area (Å²) in [5.74, 6) is -1.10. The zero-order valence-corrected chi connectivity index (χ0v) is 16.1. The summed E-state index contributed by atoms with van der Waals surface area (Å²) in [6.45, 7) is 4.88. The average molecular weight is 384 g/mol. The summed E-state index contributed by atoms with van der Waals surface area (Å²) in [4.78, 5) is 38.5. The van der Waals surface area contributed by atoms with E-state index in [1.54, 1.807) is 19.1 Å². The van der Waals surface area contributed by atoms with Crippen LogP contribution in [-0.4, -0.2) is 41.4 Å². The van der Waals surface area contributed by atoms with Crippen molar-refractivity contribution in [3.8, 4) is 5.69 Å². The second-order valence-corrected chi connectivity index (χ2v) is 6.85. The Morgan fingerprint density at radius 2 is 1.86 bits per heavy atom. The zero-order chi connectivity index (χ0) is 20.3. The first-order chi connectivity index (χ1) is 13.4. The molecule has 1 amide bonds. The molecule has 2 heterocycles. The average Bonchev–Trinajstić information content (AvgIpc) is 2.69. The number of benzene rings is 1. The Morgan fingerprint density at radius 1 is 1.21 bits per heavy atom. The van der Waals surface area contributed by atoms with E-state index in [9.17, 15) is 14.4 Å². The maximum absolute atomic E-state index is 12.7. The molecule has 0 atom stereocenters. The molecule has 2 aromatic rings. The van der Waals surface area contributed by atoms with Crippen molar-refractivity contribution in [2.24, 2.45) is 11.7 Å². The van der Waals surface area contributed by atoms with E-state index in [2.05, 4.69) is 5.10 Å². The quantitative estimate of drug-likeness (QED) is 0.781. The number of nitrogens with two attached hydrogens (primary N) is 1. The third-order valence-corrected chi connectivity index (χ3v) is 4.90. The summed E-state index contributed by atoms with van der Waals surface area (Å²) in [6.07, 6.45) is 1.14. The summed E-state index contributed by atoms with van der Waals surface area (Å²) in [7, 11) is 0. The number of hydrogen-bond acceptors (Lipinski definition) is 6. The molecule has 0 unspecified atom stereocenters. The number of rotatable bonds is 5. The number of carbonyl (C=O) groups excluding carboxylic acids is 2. The van der Waals surface area contributed by atoms with Gasteiger partial charge < -0.3 is 15.4 Å². The molecule has 0 bridgehead atoms. The van der Waals surface area contributed by atoms with E-state index < -0.39 is 5.97 Å². The van der Waals surface area contributed by atoms with Gasteiger partial charge in [0.25, 0.3) is 5.56 Å². The van der Waals surface area contributed by atoms with E-state index in [0.717, 1.165) is 5.56 Å². The zero-order valence-electron chi connectivity index (χ0n) is 16.1. The number of carbonyl (C=O) groups is 2. The number of esters is 1. The third kappa shape index (κ3) is 4.05. The number of ether oxygens (including phenoxy) is 1. The molecule has 8 nitrogen and oxygen atoms in total. The van der Waals surface area contributed by atoms with Gasteiger partial charge in [-0.2, -0.15) is 9.78 Å². The number of nitrogens with zero attached hydrogens (tertiary/aromatic N) is 3. The third-order valence-electron chi connectivity index (χ3n) is 4.90. The lowest BCUT2D eigenvalue weighted by Gasteiger charge is -2.32. The van der Waals surface area contributed by atoms with Gasteiger partial charge in [-0.25, -0.2) is 4.79 Å². The minimum absolute atomic E-state index is 0.0829. The lowest BCUT2D eigenvalue weighted by atomic mass is 9.96. The van der Waals surface area contributed by atoms with Crippen LogP contribution in [-0.2, 0) is 9.53 Å². The van der Waals surface area contributed by atoms with Crippen molar-refractivity contribution in [3.05, 3.63) is 51.9 Å². The lowest BCUT2D eigenvalue weighted by Crippen LogP contribution is -2.40. The highest BCUT2D eigenvalue weighted by Gasteiger charge is 2.28. The van der Waals surface area contributed by atoms with Crippen molar-refractivity contribution in [1.29, 1.82) is 0 Å². The molecule has 2 N–H and O–H groups in total. The van der Waals surface area contributed by atoms with Gasteiger partial charge in [0.15, 0.2) is 5.69 Å². The SMILES string of the molecule is CCOC(=O)c1nn(-c2ccc(C)cc2)c(=O)cc1N1CCC(C(N)=O)CC1. The van der Waals surface area contributed by atoms with Gasteiger partial charge in [0.1, 0.15) is 0 Å². The van der Waals surface area contributed by atoms with Crippen LogP contribution < -0.4 is 16.2 Å². The smallest absolute Gasteiger partial charge is 0.360 e. The molecule has 0 aliphatic carbocycles. The summed E-state index contributed by atoms with van der Waals surface area (Å²) in [5.41, 5.74) is 7.18. The number of anilines is 1. The van der Waals surface area contributed by atoms with Crippen molar-refractivity contribution in [2.45, 2.75) is 26.7 Å². The molecule has 3 rings (SSSR count). The number of aromatic nitrogens is 2. The highest BCUT2D eigenvalue weighted by atomic mass is 16.5. The summed E-state index contributed by atoms with van der Waals surface area (Å²) in [6, 6.07) is 8.70. The highest BCUT2D eigenvalue weighted by molar-refractivity contribution is 5.93. The fourth-order valence-corrected chi connectivity index (χ4v) is 3.31. The molecule has 1 saturated heterocycles. The van der Waals surface area contributed by atoms with E-state index in [1.165, 1.54) is 10.7 Å². The van der Waals surface area contributed by atoms with Gasteiger partial charge in [-0.15, -0.1) is 0 Å². The molecular formula is C20H24N4O4. The van der Waals surface area contributed by atoms with Crippen LogP contribution in [0, 0.1) is 12.8 Å². The van der Waals surface area contributed by atoms with Crippen molar-refractivity contribution < 1.29 is 14.3 Å². The van der Waals surface area contributed by atoms with Crippen LogP contribution in [0.2, 0.25) is 0 Å². The first-order valence-electron chi connectivity index (χ1n) is 9.33. The number of hydrogen-bond donors (Lipinski definition) is 1. The maximum atomic E-state index is 12.7. The van der Waals surface area contributed by atoms with Crippen LogP contribution in [0.5, 0.6) is 0 Å². The predicted octanol–water partition coefficient (Wildman–Crippen LogP) is 1.42. The minimum Gasteiger partial charge on any atom is -0.461 e. The van der Waals surface area contributed by atoms with Gasteiger partial charge in [-0.05, 0) is 38.8 Å². The van der Waals surface area contributed by atoms with Crippen molar-refractivity contribution in [1.82, 2.24) is 9.78 Å². The van der Waals surface area contributed by atoms with Gasteiger partial charge in [0.05, 0.1) is 18.0 Å². The van der Waals surface area contributed by atoms with Crippen LogP contribution in [0.25, 0.3) is 5.69 Å². The van der Waals surface area contributed by atoms with Gasteiger partial charge in [0, 0.05) is 25.1 Å². The highest BCUT2D eigenvalue weighted by Crippen LogP contribution is 2.25. The first kappa shape index (κ1) is 19.6. The second kappa shape index (κ2) is 8.24. The Kier molecular flexibility index (Phi) is 5.77. The Balaban J connectivity index is 2.01. The van der Waals surface area contributed by atoms with Crippen LogP contribution in [0.4, 0.5) is 5.69 Å². The van der Waals surface area contributed by atoms with Gasteiger partial charge in [-0.1, -0.05) is 17.7 Å². The normalized spacial score (nSPS) is 14.7. The van der Waals surface area contributed by atoms with Crippen LogP contribution >= 0.6 is 0 Å². The number of piperidine rings is 1. The molecule has 1 fully saturated rings. The van der Waals surface area contributed by atoms with Crippen molar-refractivity contribution >= 4 is 17.6 Å². The number of primary amides is 1. The number of aryl methyl sites for hydroxylation is 1. The first-order valence-corrected chi connectivity index (χ1v) is 9.33. The second-order valence-electron chi connectivity index (χ2n) is 6.85. The Labute approximate surface area is 162 Å². The predicted molar refractivity (Wildman–Crippen MR) is 105 cm³/mol. The van der Waals surface area contributed by atoms with Crippen LogP contribution in [0.3, 0.4) is 0 Å². The molecule has 28 heavy (non-hydrogen) atoms. The van der Waals surface area contributed by atoms with Crippen molar-refractivity contribution in [3.63, 3.8) is 0 Å². The Hall–Kier alpha value is -3.16. The number of amides is 1. The van der Waals surface area contributed by atoms with Crippen LogP contribution in [0.15, 0.2) is 35.1 Å². The molecule has 1 aromatic carbocycles. The molecule has 148 valence electrons. The summed E-state index contributed by atoms with van der Waals surface area (Å²) >= 11 is 0. The summed E-state index contributed by atoms with van der Waals surface area (Å²) in [5, 5.41) is 4.32. The van der Waals surface area contributed by atoms with Crippen LogP contribution in [0.1, 0.15) is 35.8 Å². The van der Waals surface area contributed by atoms with E-state index in [1.807, 2.05) is 24.0 Å². The fourth-order valence-electron chi connectivity index (χ4n) is 3.31. The fraction of sp³-hybridized carbons (Fsp3) is 0.400. The van der Waals surface area contributed by atoms with E-state index in [0.29, 0.717) is 37.3 Å². The van der Waals surface area contributed by atoms with Gasteiger partial charge in [-0.3, -0.25) is 9.59 Å². The topological polar surface area (TPSA) is 108 Å². The molecular weight excluding hydrogens is 360 g/mol. The Bertz CT molecular complexity index is 928. The molecule has 1 aliphatic rings. The van der Waals surface area contributed by atoms with E-state index in [-0.39, 0.29) is 29.7 Å². The molecule has 0 spiro atoms. The van der Waals surface area contributed by atoms with E-state index in [4.69, 9.17) is 10.5 Å². The van der Waals surface area contributed by atoms with E-state index >= 15 is 0 Å². The Morgan fingerprint density at radius 3 is 2.43 bits per heavy atom.